The highest BCUT2D eigenvalue weighted by atomic mass is 16.4. The topological polar surface area (TPSA) is 53.6 Å². The van der Waals surface area contributed by atoms with Crippen molar-refractivity contribution >= 4 is 23.6 Å². The molecule has 3 aromatic carbocycles. The van der Waals surface area contributed by atoms with Crippen LogP contribution in [0.15, 0.2) is 83.3 Å². The Labute approximate surface area is 140 Å². The third-order valence-electron chi connectivity index (χ3n) is 4.11. The normalized spacial score (nSPS) is 10.9. The van der Waals surface area contributed by atoms with Gasteiger partial charge in [-0.05, 0) is 17.1 Å². The molecule has 24 heavy (non-hydrogen) atoms. The first kappa shape index (κ1) is 14.8. The fraction of sp³-hybridized carbons (Fsp3) is 0. The predicted molar refractivity (Wildman–Crippen MR) is 96.9 cm³/mol. The Balaban J connectivity index is 2.05. The average molecular weight is 314 g/mol. The molecule has 1 aromatic heterocycles. The highest BCUT2D eigenvalue weighted by Crippen LogP contribution is 2.40. The van der Waals surface area contributed by atoms with E-state index in [-0.39, 0.29) is 0 Å². The first-order valence-electron chi connectivity index (χ1n) is 7.77. The van der Waals surface area contributed by atoms with Gasteiger partial charge in [-0.3, -0.25) is 0 Å². The molecule has 0 aliphatic carbocycles. The predicted octanol–water partition coefficient (Wildman–Crippen LogP) is 3.45. The lowest BCUT2D eigenvalue weighted by Gasteiger charge is -2.04. The quantitative estimate of drug-likeness (QED) is 0.570. The second kappa shape index (κ2) is 6.00. The van der Waals surface area contributed by atoms with Crippen molar-refractivity contribution in [2.45, 2.75) is 0 Å². The van der Waals surface area contributed by atoms with Gasteiger partial charge in [-0.15, -0.1) is 0 Å². The zero-order valence-electron chi connectivity index (χ0n) is 12.9. The highest BCUT2D eigenvalue weighted by molar-refractivity contribution is 6.59. The number of hydrogen-bond acceptors (Lipinski definition) is 3. The molecule has 0 saturated carbocycles. The number of rotatable bonds is 3. The molecule has 0 spiro atoms. The molecule has 0 amide bonds. The summed E-state index contributed by atoms with van der Waals surface area (Å²) in [5.41, 5.74) is 4.13. The Hall–Kier alpha value is -2.82. The van der Waals surface area contributed by atoms with Crippen LogP contribution in [-0.4, -0.2) is 17.2 Å². The van der Waals surface area contributed by atoms with Crippen LogP contribution in [0.3, 0.4) is 0 Å². The minimum atomic E-state index is -1.51. The Kier molecular flexibility index (Phi) is 3.69. The summed E-state index contributed by atoms with van der Waals surface area (Å²) in [6.45, 7) is 0. The molecule has 3 nitrogen and oxygen atoms in total. The molecule has 0 bridgehead atoms. The van der Waals surface area contributed by atoms with E-state index in [1.54, 1.807) is 18.2 Å². The Morgan fingerprint density at radius 2 is 1.33 bits per heavy atom. The van der Waals surface area contributed by atoms with Gasteiger partial charge in [0.15, 0.2) is 0 Å². The van der Waals surface area contributed by atoms with E-state index >= 15 is 0 Å². The molecule has 0 aliphatic rings. The highest BCUT2D eigenvalue weighted by Gasteiger charge is 2.20. The van der Waals surface area contributed by atoms with Crippen molar-refractivity contribution in [3.05, 3.63) is 78.9 Å². The van der Waals surface area contributed by atoms with Gasteiger partial charge in [0.05, 0.1) is 0 Å². The molecule has 4 aromatic rings. The molecule has 4 heteroatoms. The average Bonchev–Trinajstić information content (AvgIpc) is 3.01. The minimum Gasteiger partial charge on any atom is -0.455 e. The summed E-state index contributed by atoms with van der Waals surface area (Å²) in [4.78, 5) is 0. The second-order valence-electron chi connectivity index (χ2n) is 5.67. The molecule has 0 saturated heterocycles. The lowest BCUT2D eigenvalue weighted by molar-refractivity contribution is 0.426. The summed E-state index contributed by atoms with van der Waals surface area (Å²) in [7, 11) is -1.51. The van der Waals surface area contributed by atoms with E-state index in [1.165, 1.54) is 0 Å². The second-order valence-corrected chi connectivity index (χ2v) is 5.67. The number of hydrogen-bond donors (Lipinski definition) is 2. The maximum absolute atomic E-state index is 9.49. The summed E-state index contributed by atoms with van der Waals surface area (Å²) in [5, 5.41) is 19.9. The zero-order valence-corrected chi connectivity index (χ0v) is 12.9. The number of fused-ring (bicyclic) bond motifs is 1. The third kappa shape index (κ3) is 2.52. The Bertz CT molecular complexity index is 976. The largest absolute Gasteiger partial charge is 0.488 e. The molecule has 0 radical (unpaired) electrons. The lowest BCUT2D eigenvalue weighted by Crippen LogP contribution is -2.29. The number of benzene rings is 3. The Morgan fingerprint density at radius 3 is 1.96 bits per heavy atom. The molecule has 0 unspecified atom stereocenters. The van der Waals surface area contributed by atoms with Crippen molar-refractivity contribution in [1.29, 1.82) is 0 Å². The molecule has 116 valence electrons. The standard InChI is InChI=1S/C20H15BO3/c22-21(23)16-11-12-18-17(13-16)19(14-7-3-1-4-8-14)20(24-18)15-9-5-2-6-10-15/h1-13,22-23H. The van der Waals surface area contributed by atoms with E-state index < -0.39 is 7.12 Å². The summed E-state index contributed by atoms with van der Waals surface area (Å²) in [5.74, 6) is 0.779. The van der Waals surface area contributed by atoms with Gasteiger partial charge in [-0.1, -0.05) is 72.8 Å². The van der Waals surface area contributed by atoms with Gasteiger partial charge in [-0.2, -0.15) is 0 Å². The van der Waals surface area contributed by atoms with E-state index in [1.807, 2.05) is 60.7 Å². The monoisotopic (exact) mass is 314 g/mol. The van der Waals surface area contributed by atoms with E-state index in [2.05, 4.69) is 0 Å². The smallest absolute Gasteiger partial charge is 0.455 e. The first-order chi connectivity index (χ1) is 11.7. The van der Waals surface area contributed by atoms with Crippen LogP contribution in [0.2, 0.25) is 0 Å². The van der Waals surface area contributed by atoms with Crippen molar-refractivity contribution in [3.8, 4) is 22.5 Å². The van der Waals surface area contributed by atoms with Crippen LogP contribution >= 0.6 is 0 Å². The van der Waals surface area contributed by atoms with Crippen LogP contribution in [0, 0.1) is 0 Å². The molecule has 0 fully saturated rings. The zero-order chi connectivity index (χ0) is 16.5. The van der Waals surface area contributed by atoms with Gasteiger partial charge in [-0.25, -0.2) is 0 Å². The molecule has 1 heterocycles. The van der Waals surface area contributed by atoms with E-state index in [0.29, 0.717) is 5.46 Å². The van der Waals surface area contributed by atoms with E-state index in [0.717, 1.165) is 33.4 Å². The molecule has 4 rings (SSSR count). The van der Waals surface area contributed by atoms with Crippen LogP contribution in [0.1, 0.15) is 0 Å². The maximum Gasteiger partial charge on any atom is 0.488 e. The van der Waals surface area contributed by atoms with E-state index in [4.69, 9.17) is 4.42 Å². The minimum absolute atomic E-state index is 0.445. The summed E-state index contributed by atoms with van der Waals surface area (Å²) in [6, 6.07) is 25.1. The van der Waals surface area contributed by atoms with Crippen LogP contribution in [0.25, 0.3) is 33.4 Å². The third-order valence-corrected chi connectivity index (χ3v) is 4.11. The summed E-state index contributed by atoms with van der Waals surface area (Å²) >= 11 is 0. The molecular weight excluding hydrogens is 299 g/mol. The van der Waals surface area contributed by atoms with Gasteiger partial charge in [0.2, 0.25) is 0 Å². The fourth-order valence-corrected chi connectivity index (χ4v) is 2.96. The summed E-state index contributed by atoms with van der Waals surface area (Å²) < 4.78 is 6.11. The van der Waals surface area contributed by atoms with E-state index in [9.17, 15) is 10.0 Å². The molecule has 2 N–H and O–H groups in total. The molecule has 0 aliphatic heterocycles. The maximum atomic E-state index is 9.49. The number of furan rings is 1. The van der Waals surface area contributed by atoms with Crippen LogP contribution < -0.4 is 5.46 Å². The van der Waals surface area contributed by atoms with Crippen LogP contribution in [0.4, 0.5) is 0 Å². The van der Waals surface area contributed by atoms with Gasteiger partial charge in [0, 0.05) is 16.5 Å². The van der Waals surface area contributed by atoms with Gasteiger partial charge in [0.1, 0.15) is 11.3 Å². The van der Waals surface area contributed by atoms with Crippen LogP contribution in [-0.2, 0) is 0 Å². The first-order valence-corrected chi connectivity index (χ1v) is 7.77. The van der Waals surface area contributed by atoms with Gasteiger partial charge < -0.3 is 14.5 Å². The summed E-state index contributed by atoms with van der Waals surface area (Å²) in [6.07, 6.45) is 0. The Morgan fingerprint density at radius 1 is 0.708 bits per heavy atom. The molecule has 0 atom stereocenters. The molecular formula is C20H15BO3. The van der Waals surface area contributed by atoms with Crippen molar-refractivity contribution in [2.24, 2.45) is 0 Å². The van der Waals surface area contributed by atoms with Gasteiger partial charge in [0.25, 0.3) is 0 Å². The van der Waals surface area contributed by atoms with Crippen molar-refractivity contribution < 1.29 is 14.5 Å². The van der Waals surface area contributed by atoms with Crippen LogP contribution in [0.5, 0.6) is 0 Å². The lowest BCUT2D eigenvalue weighted by atomic mass is 9.79. The van der Waals surface area contributed by atoms with Crippen molar-refractivity contribution in [1.82, 2.24) is 0 Å². The SMILES string of the molecule is OB(O)c1ccc2oc(-c3ccccc3)c(-c3ccccc3)c2c1. The van der Waals surface area contributed by atoms with Gasteiger partial charge >= 0.3 is 7.12 Å². The van der Waals surface area contributed by atoms with Crippen molar-refractivity contribution in [3.63, 3.8) is 0 Å². The van der Waals surface area contributed by atoms with Crippen molar-refractivity contribution in [2.75, 3.05) is 0 Å². The fourth-order valence-electron chi connectivity index (χ4n) is 2.96.